The fraction of sp³-hybridized carbons (Fsp3) is 0.579. The lowest BCUT2D eigenvalue weighted by Gasteiger charge is -2.41. The summed E-state index contributed by atoms with van der Waals surface area (Å²) >= 11 is 5.38. The Labute approximate surface area is 168 Å². The van der Waals surface area contributed by atoms with Crippen LogP contribution in [0.15, 0.2) is 30.3 Å². The second-order valence-electron chi connectivity index (χ2n) is 6.30. The average molecular weight is 417 g/mol. The normalized spacial score (nSPS) is 27.2. The molecule has 1 aliphatic heterocycles. The zero-order valence-corrected chi connectivity index (χ0v) is 16.3. The quantitative estimate of drug-likeness (QED) is 0.351. The topological polar surface area (TPSA) is 112 Å². The highest BCUT2D eigenvalue weighted by Crippen LogP contribution is 2.26. The number of aliphatic hydroxyl groups is 2. The van der Waals surface area contributed by atoms with Crippen molar-refractivity contribution in [3.05, 3.63) is 35.9 Å². The number of esters is 2. The van der Waals surface area contributed by atoms with Gasteiger partial charge in [0.05, 0.1) is 5.56 Å². The lowest BCUT2D eigenvalue weighted by atomic mass is 9.98. The highest BCUT2D eigenvalue weighted by Gasteiger charge is 2.48. The van der Waals surface area contributed by atoms with Crippen LogP contribution in [0.3, 0.4) is 0 Å². The first-order valence-corrected chi connectivity index (χ1v) is 9.62. The summed E-state index contributed by atoms with van der Waals surface area (Å²) in [5.74, 6) is -1.72. The van der Waals surface area contributed by atoms with Gasteiger partial charge in [-0.1, -0.05) is 31.5 Å². The number of carbonyl (C=O) groups excluding carboxylic acids is 2. The third-order valence-electron chi connectivity index (χ3n) is 4.22. The number of halogens is 1. The molecule has 0 spiro atoms. The molecular weight excluding hydrogens is 392 g/mol. The lowest BCUT2D eigenvalue weighted by molar-refractivity contribution is -0.294. The molecule has 0 saturated carbocycles. The van der Waals surface area contributed by atoms with E-state index in [1.165, 1.54) is 0 Å². The number of carbonyl (C=O) groups is 2. The Morgan fingerprint density at radius 3 is 2.54 bits per heavy atom. The van der Waals surface area contributed by atoms with E-state index in [4.69, 9.17) is 30.5 Å². The van der Waals surface area contributed by atoms with Gasteiger partial charge < -0.3 is 29.2 Å². The molecule has 1 aromatic rings. The van der Waals surface area contributed by atoms with Crippen molar-refractivity contribution in [3.63, 3.8) is 0 Å². The zero-order chi connectivity index (χ0) is 20.5. The number of hydrogen-bond acceptors (Lipinski definition) is 8. The summed E-state index contributed by atoms with van der Waals surface area (Å²) in [7, 11) is 0. The van der Waals surface area contributed by atoms with Gasteiger partial charge in [0.1, 0.15) is 30.8 Å². The first-order valence-electron chi connectivity index (χ1n) is 9.08. The van der Waals surface area contributed by atoms with Gasteiger partial charge in [-0.05, 0) is 18.6 Å². The van der Waals surface area contributed by atoms with Crippen LogP contribution in [0.4, 0.5) is 0 Å². The van der Waals surface area contributed by atoms with E-state index in [9.17, 15) is 19.8 Å². The van der Waals surface area contributed by atoms with Crippen LogP contribution in [0.5, 0.6) is 0 Å². The van der Waals surface area contributed by atoms with E-state index < -0.39 is 42.6 Å². The van der Waals surface area contributed by atoms with Gasteiger partial charge in [0.25, 0.3) is 0 Å². The van der Waals surface area contributed by atoms with E-state index in [-0.39, 0.29) is 18.1 Å². The summed E-state index contributed by atoms with van der Waals surface area (Å²) in [4.78, 5) is 23.6. The van der Waals surface area contributed by atoms with Crippen molar-refractivity contribution in [2.75, 3.05) is 19.1 Å². The predicted octanol–water partition coefficient (Wildman–Crippen LogP) is 1.26. The molecule has 5 atom stereocenters. The smallest absolute Gasteiger partial charge is 0.338 e. The van der Waals surface area contributed by atoms with Gasteiger partial charge in [-0.25, -0.2) is 4.79 Å². The minimum atomic E-state index is -1.57. The molecule has 1 aliphatic rings. The molecule has 1 heterocycles. The molecule has 2 rings (SSSR count). The molecule has 0 aromatic heterocycles. The standard InChI is InChI=1S/C19H25ClO8/c1-2-3-9-25-16-15(22)13(11-26-14(21)10-20)27-19(24)17(16)28-18(23)12-7-5-4-6-8-12/h4-8,13,15-17,19,22,24H,2-3,9-11H2,1H3. The highest BCUT2D eigenvalue weighted by atomic mass is 35.5. The summed E-state index contributed by atoms with van der Waals surface area (Å²) in [6, 6.07) is 8.24. The first-order chi connectivity index (χ1) is 13.5. The van der Waals surface area contributed by atoms with Crippen molar-refractivity contribution >= 4 is 23.5 Å². The molecule has 0 bridgehead atoms. The summed E-state index contributed by atoms with van der Waals surface area (Å²) in [5, 5.41) is 21.0. The Bertz CT molecular complexity index is 626. The molecule has 0 amide bonds. The Kier molecular flexibility index (Phi) is 9.14. The zero-order valence-electron chi connectivity index (χ0n) is 15.5. The van der Waals surface area contributed by atoms with E-state index in [0.717, 1.165) is 6.42 Å². The SMILES string of the molecule is CCCCOC1C(O)C(COC(=O)CCl)OC(O)C1OC(=O)c1ccccc1. The van der Waals surface area contributed by atoms with Gasteiger partial charge in [-0.15, -0.1) is 11.6 Å². The third kappa shape index (κ3) is 6.15. The largest absolute Gasteiger partial charge is 0.462 e. The molecule has 1 aromatic carbocycles. The van der Waals surface area contributed by atoms with Crippen LogP contribution < -0.4 is 0 Å². The molecule has 1 fully saturated rings. The summed E-state index contributed by atoms with van der Waals surface area (Å²) in [6.07, 6.45) is -4.65. The van der Waals surface area contributed by atoms with Crippen molar-refractivity contribution in [1.29, 1.82) is 0 Å². The van der Waals surface area contributed by atoms with Crippen molar-refractivity contribution in [1.82, 2.24) is 0 Å². The van der Waals surface area contributed by atoms with Crippen LogP contribution in [-0.2, 0) is 23.7 Å². The molecule has 0 aliphatic carbocycles. The van der Waals surface area contributed by atoms with Crippen LogP contribution in [0, 0.1) is 0 Å². The fourth-order valence-electron chi connectivity index (χ4n) is 2.71. The number of unbranched alkanes of at least 4 members (excludes halogenated alkanes) is 1. The maximum atomic E-state index is 12.4. The maximum absolute atomic E-state index is 12.4. The van der Waals surface area contributed by atoms with E-state index in [0.29, 0.717) is 13.0 Å². The van der Waals surface area contributed by atoms with Crippen molar-refractivity contribution in [2.45, 2.75) is 50.5 Å². The van der Waals surface area contributed by atoms with Crippen LogP contribution in [0.1, 0.15) is 30.1 Å². The fourth-order valence-corrected chi connectivity index (χ4v) is 2.78. The van der Waals surface area contributed by atoms with E-state index in [1.807, 2.05) is 6.92 Å². The summed E-state index contributed by atoms with van der Waals surface area (Å²) in [6.45, 7) is 1.94. The van der Waals surface area contributed by atoms with E-state index >= 15 is 0 Å². The van der Waals surface area contributed by atoms with Gasteiger partial charge in [0.15, 0.2) is 12.4 Å². The highest BCUT2D eigenvalue weighted by molar-refractivity contribution is 6.26. The number of alkyl halides is 1. The number of aliphatic hydroxyl groups excluding tert-OH is 2. The Morgan fingerprint density at radius 2 is 1.89 bits per heavy atom. The number of ether oxygens (including phenoxy) is 4. The van der Waals surface area contributed by atoms with Gasteiger partial charge in [-0.2, -0.15) is 0 Å². The van der Waals surface area contributed by atoms with Gasteiger partial charge in [0.2, 0.25) is 0 Å². The molecular formula is C19H25ClO8. The number of rotatable bonds is 9. The second kappa shape index (κ2) is 11.3. The summed E-state index contributed by atoms with van der Waals surface area (Å²) < 4.78 is 21.2. The van der Waals surface area contributed by atoms with E-state index in [2.05, 4.69) is 0 Å². The third-order valence-corrected chi connectivity index (χ3v) is 4.43. The van der Waals surface area contributed by atoms with Gasteiger partial charge in [-0.3, -0.25) is 4.79 Å². The average Bonchev–Trinajstić information content (AvgIpc) is 2.71. The molecule has 0 radical (unpaired) electrons. The molecule has 5 unspecified atom stereocenters. The van der Waals surface area contributed by atoms with Gasteiger partial charge in [0, 0.05) is 6.61 Å². The molecule has 1 saturated heterocycles. The van der Waals surface area contributed by atoms with Crippen molar-refractivity contribution in [2.24, 2.45) is 0 Å². The molecule has 8 nitrogen and oxygen atoms in total. The molecule has 156 valence electrons. The number of hydrogen-bond donors (Lipinski definition) is 2. The van der Waals surface area contributed by atoms with Gasteiger partial charge >= 0.3 is 11.9 Å². The molecule has 28 heavy (non-hydrogen) atoms. The number of benzene rings is 1. The maximum Gasteiger partial charge on any atom is 0.338 e. The van der Waals surface area contributed by atoms with Crippen molar-refractivity contribution in [3.8, 4) is 0 Å². The first kappa shape index (κ1) is 22.6. The predicted molar refractivity (Wildman–Crippen MR) is 98.9 cm³/mol. The molecule has 2 N–H and O–H groups in total. The lowest BCUT2D eigenvalue weighted by Crippen LogP contribution is -2.61. The van der Waals surface area contributed by atoms with Crippen LogP contribution in [0.2, 0.25) is 0 Å². The van der Waals surface area contributed by atoms with Crippen LogP contribution in [0.25, 0.3) is 0 Å². The van der Waals surface area contributed by atoms with Crippen LogP contribution >= 0.6 is 11.6 Å². The monoisotopic (exact) mass is 416 g/mol. The Hall–Kier alpha value is -1.71. The van der Waals surface area contributed by atoms with E-state index in [1.54, 1.807) is 30.3 Å². The van der Waals surface area contributed by atoms with Crippen molar-refractivity contribution < 1.29 is 38.7 Å². The minimum Gasteiger partial charge on any atom is -0.462 e. The minimum absolute atomic E-state index is 0.287. The Balaban J connectivity index is 2.10. The van der Waals surface area contributed by atoms with Crippen LogP contribution in [-0.4, -0.2) is 72.0 Å². The Morgan fingerprint density at radius 1 is 1.18 bits per heavy atom. The molecule has 9 heteroatoms. The summed E-state index contributed by atoms with van der Waals surface area (Å²) in [5.41, 5.74) is 0.287. The second-order valence-corrected chi connectivity index (χ2v) is 6.56.